The standard InChI is InChI=1S/C11H10N2O3/c1-8-12-13-10(16-8)11(14)15-7-9-5-3-2-4-6-9/h2-6H,7H2,1H3. The van der Waals surface area contributed by atoms with Gasteiger partial charge in [0.15, 0.2) is 0 Å². The number of ether oxygens (including phenoxy) is 1. The summed E-state index contributed by atoms with van der Waals surface area (Å²) in [5.74, 6) is -0.385. The number of carbonyl (C=O) groups is 1. The van der Waals surface area contributed by atoms with Gasteiger partial charge in [0.1, 0.15) is 6.61 Å². The molecule has 0 saturated heterocycles. The first-order chi connectivity index (χ1) is 7.75. The number of esters is 1. The van der Waals surface area contributed by atoms with Crippen molar-refractivity contribution in [3.8, 4) is 0 Å². The third-order valence-corrected chi connectivity index (χ3v) is 1.91. The zero-order chi connectivity index (χ0) is 11.4. The van der Waals surface area contributed by atoms with Crippen molar-refractivity contribution in [1.82, 2.24) is 10.2 Å². The Balaban J connectivity index is 1.94. The Morgan fingerprint density at radius 3 is 2.69 bits per heavy atom. The molecule has 0 saturated carbocycles. The number of hydrogen-bond acceptors (Lipinski definition) is 5. The molecule has 1 heterocycles. The predicted octanol–water partition coefficient (Wildman–Crippen LogP) is 1.74. The predicted molar refractivity (Wildman–Crippen MR) is 54.6 cm³/mol. The molecular formula is C11H10N2O3. The monoisotopic (exact) mass is 218 g/mol. The molecule has 0 radical (unpaired) electrons. The van der Waals surface area contributed by atoms with Gasteiger partial charge < -0.3 is 9.15 Å². The molecule has 0 fully saturated rings. The summed E-state index contributed by atoms with van der Waals surface area (Å²) in [7, 11) is 0. The zero-order valence-electron chi connectivity index (χ0n) is 8.71. The van der Waals surface area contributed by atoms with Gasteiger partial charge in [0.2, 0.25) is 5.89 Å². The van der Waals surface area contributed by atoms with Crippen molar-refractivity contribution in [3.05, 3.63) is 47.7 Å². The Labute approximate surface area is 92.1 Å². The highest BCUT2D eigenvalue weighted by molar-refractivity contribution is 5.83. The first kappa shape index (κ1) is 10.4. The van der Waals surface area contributed by atoms with Gasteiger partial charge in [0.25, 0.3) is 0 Å². The molecule has 0 unspecified atom stereocenters. The van der Waals surface area contributed by atoms with E-state index in [1.165, 1.54) is 0 Å². The Bertz CT molecular complexity index is 479. The molecule has 0 aliphatic heterocycles. The van der Waals surface area contributed by atoms with E-state index in [0.717, 1.165) is 5.56 Å². The second-order valence-corrected chi connectivity index (χ2v) is 3.19. The summed E-state index contributed by atoms with van der Waals surface area (Å²) in [6.45, 7) is 1.81. The van der Waals surface area contributed by atoms with Gasteiger partial charge in [-0.2, -0.15) is 0 Å². The van der Waals surface area contributed by atoms with E-state index >= 15 is 0 Å². The maximum atomic E-state index is 11.4. The van der Waals surface area contributed by atoms with E-state index in [9.17, 15) is 4.79 Å². The maximum absolute atomic E-state index is 11.4. The second kappa shape index (κ2) is 4.57. The van der Waals surface area contributed by atoms with Crippen molar-refractivity contribution in [2.24, 2.45) is 0 Å². The number of hydrogen-bond donors (Lipinski definition) is 0. The third-order valence-electron chi connectivity index (χ3n) is 1.91. The minimum atomic E-state index is -0.607. The van der Waals surface area contributed by atoms with Crippen molar-refractivity contribution in [2.75, 3.05) is 0 Å². The molecule has 5 heteroatoms. The summed E-state index contributed by atoms with van der Waals surface area (Å²) >= 11 is 0. The SMILES string of the molecule is Cc1nnc(C(=O)OCc2ccccc2)o1. The van der Waals surface area contributed by atoms with Crippen LogP contribution in [0.25, 0.3) is 0 Å². The minimum absolute atomic E-state index is 0.117. The van der Waals surface area contributed by atoms with Gasteiger partial charge >= 0.3 is 11.9 Å². The largest absolute Gasteiger partial charge is 0.454 e. The zero-order valence-corrected chi connectivity index (χ0v) is 8.71. The lowest BCUT2D eigenvalue weighted by Gasteiger charge is -2.01. The molecule has 1 aromatic carbocycles. The van der Waals surface area contributed by atoms with Crippen LogP contribution in [0.3, 0.4) is 0 Å². The molecule has 16 heavy (non-hydrogen) atoms. The summed E-state index contributed by atoms with van der Waals surface area (Å²) in [5, 5.41) is 7.11. The van der Waals surface area contributed by atoms with E-state index in [1.54, 1.807) is 6.92 Å². The molecule has 82 valence electrons. The summed E-state index contributed by atoms with van der Waals surface area (Å²) < 4.78 is 9.93. The third kappa shape index (κ3) is 2.44. The smallest absolute Gasteiger partial charge is 0.396 e. The summed E-state index contributed by atoms with van der Waals surface area (Å²) in [6, 6.07) is 9.38. The Hall–Kier alpha value is -2.17. The average Bonchev–Trinajstić information content (AvgIpc) is 2.74. The highest BCUT2D eigenvalue weighted by Crippen LogP contribution is 2.04. The lowest BCUT2D eigenvalue weighted by Crippen LogP contribution is -2.05. The number of carbonyl (C=O) groups excluding carboxylic acids is 1. The molecule has 2 rings (SSSR count). The number of aryl methyl sites for hydroxylation is 1. The number of nitrogens with zero attached hydrogens (tertiary/aromatic N) is 2. The molecule has 2 aromatic rings. The van der Waals surface area contributed by atoms with Gasteiger partial charge in [-0.15, -0.1) is 10.2 Å². The van der Waals surface area contributed by atoms with Gasteiger partial charge in [-0.1, -0.05) is 30.3 Å². The van der Waals surface area contributed by atoms with E-state index < -0.39 is 5.97 Å². The van der Waals surface area contributed by atoms with Gasteiger partial charge in [-0.05, 0) is 5.56 Å². The normalized spacial score (nSPS) is 10.1. The summed E-state index contributed by atoms with van der Waals surface area (Å²) in [5.41, 5.74) is 0.909. The van der Waals surface area contributed by atoms with E-state index in [4.69, 9.17) is 9.15 Å². The van der Waals surface area contributed by atoms with Gasteiger partial charge in [-0.25, -0.2) is 4.79 Å². The molecule has 0 bridgehead atoms. The van der Waals surface area contributed by atoms with E-state index in [1.807, 2.05) is 30.3 Å². The van der Waals surface area contributed by atoms with Crippen molar-refractivity contribution >= 4 is 5.97 Å². The van der Waals surface area contributed by atoms with Crippen LogP contribution < -0.4 is 0 Å². The Morgan fingerprint density at radius 1 is 1.31 bits per heavy atom. The van der Waals surface area contributed by atoms with Crippen LogP contribution in [0.2, 0.25) is 0 Å². The lowest BCUT2D eigenvalue weighted by molar-refractivity contribution is 0.0425. The van der Waals surface area contributed by atoms with Crippen molar-refractivity contribution in [1.29, 1.82) is 0 Å². The molecule has 0 N–H and O–H groups in total. The molecule has 0 aliphatic rings. The van der Waals surface area contributed by atoms with Crippen LogP contribution in [0.4, 0.5) is 0 Å². The van der Waals surface area contributed by atoms with Crippen molar-refractivity contribution in [3.63, 3.8) is 0 Å². The molecule has 0 spiro atoms. The van der Waals surface area contributed by atoms with Crippen molar-refractivity contribution in [2.45, 2.75) is 13.5 Å². The lowest BCUT2D eigenvalue weighted by atomic mass is 10.2. The summed E-state index contributed by atoms with van der Waals surface area (Å²) in [6.07, 6.45) is 0. The van der Waals surface area contributed by atoms with E-state index in [0.29, 0.717) is 5.89 Å². The number of aromatic nitrogens is 2. The van der Waals surface area contributed by atoms with E-state index in [2.05, 4.69) is 10.2 Å². The molecule has 0 aliphatic carbocycles. The molecule has 1 aromatic heterocycles. The molecule has 0 atom stereocenters. The first-order valence-corrected chi connectivity index (χ1v) is 4.77. The topological polar surface area (TPSA) is 65.2 Å². The Kier molecular flexibility index (Phi) is 2.95. The molecular weight excluding hydrogens is 208 g/mol. The van der Waals surface area contributed by atoms with Gasteiger partial charge in [0, 0.05) is 6.92 Å². The maximum Gasteiger partial charge on any atom is 0.396 e. The number of benzene rings is 1. The minimum Gasteiger partial charge on any atom is -0.454 e. The first-order valence-electron chi connectivity index (χ1n) is 4.77. The Morgan fingerprint density at radius 2 is 2.06 bits per heavy atom. The van der Waals surface area contributed by atoms with Crippen LogP contribution in [0.5, 0.6) is 0 Å². The van der Waals surface area contributed by atoms with Crippen LogP contribution >= 0.6 is 0 Å². The fourth-order valence-electron chi connectivity index (χ4n) is 1.16. The highest BCUT2D eigenvalue weighted by atomic mass is 16.5. The van der Waals surface area contributed by atoms with Gasteiger partial charge in [-0.3, -0.25) is 0 Å². The van der Waals surface area contributed by atoms with Crippen LogP contribution in [-0.4, -0.2) is 16.2 Å². The quantitative estimate of drug-likeness (QED) is 0.734. The van der Waals surface area contributed by atoms with Crippen LogP contribution in [0, 0.1) is 6.92 Å². The molecule has 5 nitrogen and oxygen atoms in total. The molecule has 0 amide bonds. The van der Waals surface area contributed by atoms with Gasteiger partial charge in [0.05, 0.1) is 0 Å². The van der Waals surface area contributed by atoms with Crippen LogP contribution in [-0.2, 0) is 11.3 Å². The van der Waals surface area contributed by atoms with E-state index in [-0.39, 0.29) is 12.5 Å². The van der Waals surface area contributed by atoms with Crippen molar-refractivity contribution < 1.29 is 13.9 Å². The highest BCUT2D eigenvalue weighted by Gasteiger charge is 2.14. The average molecular weight is 218 g/mol. The number of rotatable bonds is 3. The van der Waals surface area contributed by atoms with Crippen LogP contribution in [0.1, 0.15) is 22.1 Å². The second-order valence-electron chi connectivity index (χ2n) is 3.19. The fraction of sp³-hybridized carbons (Fsp3) is 0.182. The summed E-state index contributed by atoms with van der Waals surface area (Å²) in [4.78, 5) is 11.4. The fourth-order valence-corrected chi connectivity index (χ4v) is 1.16. The van der Waals surface area contributed by atoms with Crippen LogP contribution in [0.15, 0.2) is 34.7 Å².